The van der Waals surface area contributed by atoms with Gasteiger partial charge in [-0.1, -0.05) is 19.9 Å². The number of ether oxygens (including phenoxy) is 1. The van der Waals surface area contributed by atoms with Gasteiger partial charge in [-0.25, -0.2) is 4.98 Å². The Kier molecular flexibility index (Phi) is 8.30. The fraction of sp³-hybridized carbons (Fsp3) is 0.542. The summed E-state index contributed by atoms with van der Waals surface area (Å²) in [7, 11) is 0. The van der Waals surface area contributed by atoms with Crippen LogP contribution in [0.2, 0.25) is 0 Å². The third kappa shape index (κ3) is 5.97. The van der Waals surface area contributed by atoms with Gasteiger partial charge in [0.15, 0.2) is 0 Å². The highest BCUT2D eigenvalue weighted by Crippen LogP contribution is 2.34. The van der Waals surface area contributed by atoms with Crippen LogP contribution in [-0.2, 0) is 24.2 Å². The summed E-state index contributed by atoms with van der Waals surface area (Å²) in [4.78, 5) is 11.3. The number of hydrogen-bond acceptors (Lipinski definition) is 7. The zero-order valence-electron chi connectivity index (χ0n) is 18.8. The molecule has 1 aliphatic heterocycles. The number of aryl methyl sites for hydroxylation is 1. The number of aliphatic hydroxyl groups is 1. The van der Waals surface area contributed by atoms with Crippen LogP contribution in [0.4, 0.5) is 5.82 Å². The van der Waals surface area contributed by atoms with E-state index < -0.39 is 0 Å². The zero-order valence-corrected chi connectivity index (χ0v) is 19.7. The van der Waals surface area contributed by atoms with Gasteiger partial charge in [-0.3, -0.25) is 4.98 Å². The number of nitriles is 1. The van der Waals surface area contributed by atoms with Crippen molar-refractivity contribution in [2.24, 2.45) is 5.92 Å². The molecule has 7 heteroatoms. The molecule has 2 aromatic rings. The van der Waals surface area contributed by atoms with E-state index in [0.717, 1.165) is 53.7 Å². The molecule has 0 aromatic carbocycles. The molecule has 1 saturated heterocycles. The van der Waals surface area contributed by atoms with Crippen molar-refractivity contribution in [2.75, 3.05) is 23.7 Å². The molecule has 2 aromatic heterocycles. The maximum atomic E-state index is 10.3. The van der Waals surface area contributed by atoms with Gasteiger partial charge in [0.1, 0.15) is 16.9 Å². The Balaban J connectivity index is 1.98. The van der Waals surface area contributed by atoms with Gasteiger partial charge in [0, 0.05) is 36.8 Å². The monoisotopic (exact) mass is 440 g/mol. The van der Waals surface area contributed by atoms with E-state index in [2.05, 4.69) is 49.7 Å². The number of aromatic nitrogens is 2. The fourth-order valence-electron chi connectivity index (χ4n) is 4.08. The smallest absolute Gasteiger partial charge is 0.135 e. The van der Waals surface area contributed by atoms with Crippen LogP contribution in [0.15, 0.2) is 29.6 Å². The summed E-state index contributed by atoms with van der Waals surface area (Å²) in [6, 6.07) is 6.39. The summed E-state index contributed by atoms with van der Waals surface area (Å²) < 4.78 is 5.90. The second-order valence-electron chi connectivity index (χ2n) is 8.56. The number of nitrogens with zero attached hydrogens (tertiary/aromatic N) is 4. The van der Waals surface area contributed by atoms with Crippen molar-refractivity contribution in [3.05, 3.63) is 46.8 Å². The van der Waals surface area contributed by atoms with Gasteiger partial charge in [-0.15, -0.1) is 11.8 Å². The van der Waals surface area contributed by atoms with Gasteiger partial charge >= 0.3 is 0 Å². The van der Waals surface area contributed by atoms with Crippen molar-refractivity contribution in [3.63, 3.8) is 0 Å². The van der Waals surface area contributed by atoms with Gasteiger partial charge in [-0.05, 0) is 49.8 Å². The van der Waals surface area contributed by atoms with Gasteiger partial charge in [0.05, 0.1) is 24.4 Å². The molecule has 2 atom stereocenters. The standard InChI is InChI=1S/C24H32N4O2S/c1-16(2)10-20-21(11-25)24(31-9-7-19-6-5-8-26-12-19)27-23(22(20)15-29)28-13-17(3)30-18(4)14-28/h5-6,8,12,16-18,29H,7,9-10,13-15H2,1-4H3. The van der Waals surface area contributed by atoms with Gasteiger partial charge < -0.3 is 14.7 Å². The van der Waals surface area contributed by atoms with Crippen LogP contribution in [-0.4, -0.2) is 46.1 Å². The normalized spacial score (nSPS) is 18.9. The Labute approximate surface area is 189 Å². The summed E-state index contributed by atoms with van der Waals surface area (Å²) in [5.74, 6) is 1.97. The first-order chi connectivity index (χ1) is 14.9. The molecule has 1 N–H and O–H groups in total. The molecule has 0 saturated carbocycles. The topological polar surface area (TPSA) is 82.3 Å². The molecule has 6 nitrogen and oxygen atoms in total. The molecule has 2 unspecified atom stereocenters. The first kappa shape index (κ1) is 23.5. The Bertz CT molecular complexity index is 904. The third-order valence-corrected chi connectivity index (χ3v) is 6.29. The van der Waals surface area contributed by atoms with Crippen molar-refractivity contribution < 1.29 is 9.84 Å². The summed E-state index contributed by atoms with van der Waals surface area (Å²) in [5, 5.41) is 21.0. The molecule has 31 heavy (non-hydrogen) atoms. The first-order valence-corrected chi connectivity index (χ1v) is 11.9. The molecule has 1 aliphatic rings. The molecule has 1 fully saturated rings. The number of aliphatic hydroxyl groups excluding tert-OH is 1. The number of morpholine rings is 1. The van der Waals surface area contributed by atoms with Crippen molar-refractivity contribution in [3.8, 4) is 6.07 Å². The lowest BCUT2D eigenvalue weighted by atomic mass is 9.94. The van der Waals surface area contributed by atoms with Gasteiger partial charge in [0.25, 0.3) is 0 Å². The predicted octanol–water partition coefficient (Wildman–Crippen LogP) is 3.99. The molecular weight excluding hydrogens is 408 g/mol. The fourth-order valence-corrected chi connectivity index (χ4v) is 5.07. The maximum absolute atomic E-state index is 10.3. The van der Waals surface area contributed by atoms with E-state index in [4.69, 9.17) is 9.72 Å². The summed E-state index contributed by atoms with van der Waals surface area (Å²) >= 11 is 1.61. The Morgan fingerprint density at radius 1 is 1.29 bits per heavy atom. The molecule has 0 spiro atoms. The Morgan fingerprint density at radius 2 is 2.03 bits per heavy atom. The highest BCUT2D eigenvalue weighted by atomic mass is 32.2. The number of hydrogen-bond donors (Lipinski definition) is 1. The molecule has 0 aliphatic carbocycles. The second kappa shape index (κ2) is 10.9. The van der Waals surface area contributed by atoms with Gasteiger partial charge in [0.2, 0.25) is 0 Å². The minimum Gasteiger partial charge on any atom is -0.392 e. The maximum Gasteiger partial charge on any atom is 0.135 e. The number of pyridine rings is 2. The predicted molar refractivity (Wildman–Crippen MR) is 124 cm³/mol. The molecular formula is C24H32N4O2S. The SMILES string of the molecule is CC(C)Cc1c(C#N)c(SCCc2cccnc2)nc(N2CC(C)OC(C)C2)c1CO. The van der Waals surface area contributed by atoms with Crippen LogP contribution in [0.1, 0.15) is 49.9 Å². The number of rotatable bonds is 8. The lowest BCUT2D eigenvalue weighted by Crippen LogP contribution is -2.46. The molecule has 3 rings (SSSR count). The lowest BCUT2D eigenvalue weighted by molar-refractivity contribution is -0.00561. The average Bonchev–Trinajstić information content (AvgIpc) is 2.73. The second-order valence-corrected chi connectivity index (χ2v) is 9.65. The van der Waals surface area contributed by atoms with Crippen molar-refractivity contribution in [2.45, 2.75) is 64.4 Å². The molecule has 3 heterocycles. The van der Waals surface area contributed by atoms with Crippen molar-refractivity contribution in [1.82, 2.24) is 9.97 Å². The quantitative estimate of drug-likeness (QED) is 0.622. The highest BCUT2D eigenvalue weighted by molar-refractivity contribution is 7.99. The highest BCUT2D eigenvalue weighted by Gasteiger charge is 2.28. The van der Waals surface area contributed by atoms with Crippen molar-refractivity contribution >= 4 is 17.6 Å². The van der Waals surface area contributed by atoms with Crippen LogP contribution >= 0.6 is 11.8 Å². The van der Waals surface area contributed by atoms with E-state index in [9.17, 15) is 10.4 Å². The average molecular weight is 441 g/mol. The van der Waals surface area contributed by atoms with E-state index in [1.807, 2.05) is 12.3 Å². The van der Waals surface area contributed by atoms with Crippen molar-refractivity contribution in [1.29, 1.82) is 5.26 Å². The van der Waals surface area contributed by atoms with Crippen LogP contribution in [0.5, 0.6) is 0 Å². The van der Waals surface area contributed by atoms with E-state index >= 15 is 0 Å². The number of anilines is 1. The summed E-state index contributed by atoms with van der Waals surface area (Å²) in [6.45, 7) is 9.70. The van der Waals surface area contributed by atoms with E-state index in [1.165, 1.54) is 5.56 Å². The molecule has 0 amide bonds. The van der Waals surface area contributed by atoms with Gasteiger partial charge in [-0.2, -0.15) is 5.26 Å². The molecule has 166 valence electrons. The summed E-state index contributed by atoms with van der Waals surface area (Å²) in [6.07, 6.45) is 5.41. The molecule has 0 bridgehead atoms. The van der Waals surface area contributed by atoms with Crippen LogP contribution in [0.3, 0.4) is 0 Å². The minimum atomic E-state index is -0.125. The summed E-state index contributed by atoms with van der Waals surface area (Å²) in [5.41, 5.74) is 3.48. The Hall–Kier alpha value is -2.14. The van der Waals surface area contributed by atoms with E-state index in [0.29, 0.717) is 11.5 Å². The zero-order chi connectivity index (χ0) is 22.4. The van der Waals surface area contributed by atoms with E-state index in [1.54, 1.807) is 18.0 Å². The Morgan fingerprint density at radius 3 is 2.61 bits per heavy atom. The van der Waals surface area contributed by atoms with Crippen LogP contribution in [0, 0.1) is 17.2 Å². The van der Waals surface area contributed by atoms with Crippen LogP contribution < -0.4 is 4.90 Å². The number of thioether (sulfide) groups is 1. The lowest BCUT2D eigenvalue weighted by Gasteiger charge is -2.37. The third-order valence-electron chi connectivity index (χ3n) is 5.31. The minimum absolute atomic E-state index is 0.0861. The molecule has 0 radical (unpaired) electrons. The van der Waals surface area contributed by atoms with Crippen LogP contribution in [0.25, 0.3) is 0 Å². The van der Waals surface area contributed by atoms with E-state index in [-0.39, 0.29) is 18.8 Å². The first-order valence-electron chi connectivity index (χ1n) is 10.9. The largest absolute Gasteiger partial charge is 0.392 e.